The van der Waals surface area contributed by atoms with Crippen LogP contribution in [0.3, 0.4) is 0 Å². The van der Waals surface area contributed by atoms with Crippen LogP contribution >= 0.6 is 11.6 Å². The number of amides is 1. The lowest BCUT2D eigenvalue weighted by molar-refractivity contribution is -0.136. The Bertz CT molecular complexity index is 1250. The van der Waals surface area contributed by atoms with Gasteiger partial charge in [0.05, 0.1) is 17.0 Å². The third-order valence-corrected chi connectivity index (χ3v) is 6.47. The Kier molecular flexibility index (Phi) is 5.65. The number of esters is 1. The second kappa shape index (κ2) is 8.75. The summed E-state index contributed by atoms with van der Waals surface area (Å²) in [6.45, 7) is 2.44. The number of carbonyl (C=O) groups excluding carboxylic acids is 2. The summed E-state index contributed by atoms with van der Waals surface area (Å²) in [5, 5.41) is 0.570. The molecule has 5 nitrogen and oxygen atoms in total. The Balaban J connectivity index is 1.42. The van der Waals surface area contributed by atoms with Crippen molar-refractivity contribution >= 4 is 29.2 Å². The van der Waals surface area contributed by atoms with Crippen molar-refractivity contribution in [2.75, 3.05) is 11.5 Å². The second-order valence-electron chi connectivity index (χ2n) is 8.20. The summed E-state index contributed by atoms with van der Waals surface area (Å²) in [7, 11) is 0. The van der Waals surface area contributed by atoms with Gasteiger partial charge >= 0.3 is 5.97 Å². The predicted molar refractivity (Wildman–Crippen MR) is 126 cm³/mol. The van der Waals surface area contributed by atoms with Crippen LogP contribution in [0.2, 0.25) is 5.02 Å². The first-order valence-electron chi connectivity index (χ1n) is 10.8. The normalized spacial score (nSPS) is 17.8. The summed E-state index contributed by atoms with van der Waals surface area (Å²) in [6, 6.07) is 22.9. The lowest BCUT2D eigenvalue weighted by Crippen LogP contribution is -2.37. The van der Waals surface area contributed by atoms with Gasteiger partial charge in [-0.05, 0) is 47.9 Å². The molecule has 0 saturated carbocycles. The van der Waals surface area contributed by atoms with E-state index < -0.39 is 0 Å². The average Bonchev–Trinajstić information content (AvgIpc) is 3.21. The zero-order valence-corrected chi connectivity index (χ0v) is 18.8. The van der Waals surface area contributed by atoms with Crippen molar-refractivity contribution in [1.29, 1.82) is 0 Å². The van der Waals surface area contributed by atoms with Gasteiger partial charge < -0.3 is 9.47 Å². The van der Waals surface area contributed by atoms with Crippen LogP contribution in [-0.4, -0.2) is 18.5 Å². The van der Waals surface area contributed by atoms with E-state index in [1.807, 2.05) is 73.7 Å². The fraction of sp³-hybridized carbons (Fsp3) is 0.185. The summed E-state index contributed by atoms with van der Waals surface area (Å²) < 4.78 is 11.2. The number of hydrogen-bond acceptors (Lipinski definition) is 4. The number of ether oxygens (including phenoxy) is 2. The molecule has 0 aliphatic carbocycles. The number of aryl methyl sites for hydroxylation is 1. The van der Waals surface area contributed by atoms with E-state index in [4.69, 9.17) is 21.1 Å². The second-order valence-corrected chi connectivity index (χ2v) is 8.61. The molecule has 0 bridgehead atoms. The van der Waals surface area contributed by atoms with E-state index in [1.54, 1.807) is 11.0 Å². The number of anilines is 1. The molecule has 2 aliphatic heterocycles. The summed E-state index contributed by atoms with van der Waals surface area (Å²) in [5.74, 6) is -0.108. The zero-order valence-electron chi connectivity index (χ0n) is 18.1. The minimum atomic E-state index is -0.380. The third-order valence-electron chi connectivity index (χ3n) is 6.06. The van der Waals surface area contributed by atoms with E-state index in [9.17, 15) is 9.59 Å². The van der Waals surface area contributed by atoms with Gasteiger partial charge in [0, 0.05) is 17.4 Å². The molecule has 3 aromatic carbocycles. The Morgan fingerprint density at radius 1 is 1.03 bits per heavy atom. The molecule has 0 saturated heterocycles. The van der Waals surface area contributed by atoms with Crippen LogP contribution in [0.4, 0.5) is 5.69 Å². The van der Waals surface area contributed by atoms with Gasteiger partial charge in [0.2, 0.25) is 5.91 Å². The molecule has 0 aromatic heterocycles. The molecule has 0 spiro atoms. The van der Waals surface area contributed by atoms with Crippen LogP contribution in [0.5, 0.6) is 5.75 Å². The number of halogens is 1. The third kappa shape index (κ3) is 4.12. The average molecular weight is 460 g/mol. The molecule has 2 heterocycles. The van der Waals surface area contributed by atoms with E-state index in [1.165, 1.54) is 0 Å². The van der Waals surface area contributed by atoms with E-state index in [0.29, 0.717) is 28.6 Å². The molecule has 1 atom stereocenters. The standard InChI is InChI=1S/C27H22ClNO4/c1-17-7-10-20(13-23(17)28)29-24-16-33-27(31)26(24)22(14-25(29)30)19-8-11-21(12-9-19)32-15-18-5-3-2-4-6-18/h2-13,22H,14-16H2,1H3. The van der Waals surface area contributed by atoms with Crippen molar-refractivity contribution < 1.29 is 19.1 Å². The molecule has 2 aliphatic rings. The first-order chi connectivity index (χ1) is 16.0. The molecule has 166 valence electrons. The van der Waals surface area contributed by atoms with Crippen LogP contribution < -0.4 is 9.64 Å². The molecule has 1 amide bonds. The van der Waals surface area contributed by atoms with Gasteiger partial charge in [-0.1, -0.05) is 60.1 Å². The molecule has 5 rings (SSSR count). The quantitative estimate of drug-likeness (QED) is 0.469. The molecule has 0 fully saturated rings. The van der Waals surface area contributed by atoms with Crippen LogP contribution in [0, 0.1) is 6.92 Å². The Hall–Kier alpha value is -3.57. The molecule has 0 radical (unpaired) electrons. The maximum absolute atomic E-state index is 13.2. The van der Waals surface area contributed by atoms with Gasteiger partial charge in [0.1, 0.15) is 19.0 Å². The van der Waals surface area contributed by atoms with Crippen molar-refractivity contribution in [2.24, 2.45) is 0 Å². The van der Waals surface area contributed by atoms with E-state index in [-0.39, 0.29) is 30.8 Å². The Labute approximate surface area is 197 Å². The van der Waals surface area contributed by atoms with Crippen molar-refractivity contribution in [3.63, 3.8) is 0 Å². The van der Waals surface area contributed by atoms with Gasteiger partial charge in [-0.2, -0.15) is 0 Å². The van der Waals surface area contributed by atoms with Crippen molar-refractivity contribution in [3.8, 4) is 5.75 Å². The summed E-state index contributed by atoms with van der Waals surface area (Å²) >= 11 is 6.29. The van der Waals surface area contributed by atoms with Gasteiger partial charge in [-0.15, -0.1) is 0 Å². The highest BCUT2D eigenvalue weighted by molar-refractivity contribution is 6.31. The predicted octanol–water partition coefficient (Wildman–Crippen LogP) is 5.56. The highest BCUT2D eigenvalue weighted by Gasteiger charge is 2.43. The smallest absolute Gasteiger partial charge is 0.336 e. The number of nitrogens with zero attached hydrogens (tertiary/aromatic N) is 1. The number of cyclic esters (lactones) is 1. The molecular formula is C27H22ClNO4. The molecule has 0 N–H and O–H groups in total. The van der Waals surface area contributed by atoms with Crippen molar-refractivity contribution in [3.05, 3.63) is 106 Å². The minimum Gasteiger partial charge on any atom is -0.489 e. The fourth-order valence-corrected chi connectivity index (χ4v) is 4.47. The molecule has 3 aromatic rings. The number of carbonyl (C=O) groups is 2. The maximum Gasteiger partial charge on any atom is 0.336 e. The van der Waals surface area contributed by atoms with Crippen molar-refractivity contribution in [1.82, 2.24) is 0 Å². The molecular weight excluding hydrogens is 438 g/mol. The Morgan fingerprint density at radius 2 is 1.79 bits per heavy atom. The van der Waals surface area contributed by atoms with E-state index in [0.717, 1.165) is 22.4 Å². The SMILES string of the molecule is Cc1ccc(N2C(=O)CC(c3ccc(OCc4ccccc4)cc3)C3=C2COC3=O)cc1Cl. The molecule has 1 unspecified atom stereocenters. The lowest BCUT2D eigenvalue weighted by Gasteiger charge is -2.32. The zero-order chi connectivity index (χ0) is 22.9. The van der Waals surface area contributed by atoms with Gasteiger partial charge in [-0.3, -0.25) is 9.69 Å². The topological polar surface area (TPSA) is 55.8 Å². The number of rotatable bonds is 5. The van der Waals surface area contributed by atoms with Crippen LogP contribution in [0.1, 0.15) is 29.0 Å². The van der Waals surface area contributed by atoms with Gasteiger partial charge in [0.25, 0.3) is 0 Å². The van der Waals surface area contributed by atoms with Gasteiger partial charge in [0.15, 0.2) is 0 Å². The molecule has 33 heavy (non-hydrogen) atoms. The maximum atomic E-state index is 13.2. The first kappa shape index (κ1) is 21.3. The van der Waals surface area contributed by atoms with Crippen LogP contribution in [0.25, 0.3) is 0 Å². The van der Waals surface area contributed by atoms with Crippen LogP contribution in [-0.2, 0) is 20.9 Å². The number of hydrogen-bond donors (Lipinski definition) is 0. The van der Waals surface area contributed by atoms with Gasteiger partial charge in [-0.25, -0.2) is 4.79 Å². The monoisotopic (exact) mass is 459 g/mol. The highest BCUT2D eigenvalue weighted by Crippen LogP contribution is 2.42. The first-order valence-corrected chi connectivity index (χ1v) is 11.1. The Morgan fingerprint density at radius 3 is 2.52 bits per heavy atom. The van der Waals surface area contributed by atoms with Crippen molar-refractivity contribution in [2.45, 2.75) is 25.9 Å². The minimum absolute atomic E-state index is 0.0696. The van der Waals surface area contributed by atoms with E-state index >= 15 is 0 Å². The van der Waals surface area contributed by atoms with E-state index in [2.05, 4.69) is 0 Å². The van der Waals surface area contributed by atoms with Crippen LogP contribution in [0.15, 0.2) is 84.1 Å². The largest absolute Gasteiger partial charge is 0.489 e. The highest BCUT2D eigenvalue weighted by atomic mass is 35.5. The summed E-state index contributed by atoms with van der Waals surface area (Å²) in [4.78, 5) is 27.4. The summed E-state index contributed by atoms with van der Waals surface area (Å²) in [5.41, 5.74) is 4.65. The lowest BCUT2D eigenvalue weighted by atomic mass is 9.84. The summed E-state index contributed by atoms with van der Waals surface area (Å²) in [6.07, 6.45) is 0.170. The number of benzene rings is 3. The molecule has 6 heteroatoms. The fourth-order valence-electron chi connectivity index (χ4n) is 4.30.